The Kier molecular flexibility index (Phi) is 6.14. The zero-order valence-electron chi connectivity index (χ0n) is 10.8. The van der Waals surface area contributed by atoms with Gasteiger partial charge in [0.1, 0.15) is 0 Å². The summed E-state index contributed by atoms with van der Waals surface area (Å²) in [5, 5.41) is 3.79. The molecule has 0 atom stereocenters. The van der Waals surface area contributed by atoms with Crippen LogP contribution in [0.5, 0.6) is 0 Å². The van der Waals surface area contributed by atoms with E-state index in [4.69, 9.17) is 5.73 Å². The van der Waals surface area contributed by atoms with Gasteiger partial charge in [-0.1, -0.05) is 0 Å². The Morgan fingerprint density at radius 3 is 2.33 bits per heavy atom. The number of nitrogens with zero attached hydrogens (tertiary/aromatic N) is 1. The molecule has 2 rings (SSSR count). The average Bonchev–Trinajstić information content (AvgIpc) is 2.60. The van der Waals surface area contributed by atoms with E-state index in [9.17, 15) is 4.79 Å². The number of primary amides is 1. The van der Waals surface area contributed by atoms with Gasteiger partial charge in [0.25, 0.3) is 0 Å². The summed E-state index contributed by atoms with van der Waals surface area (Å²) < 4.78 is 0. The molecule has 104 valence electrons. The predicted molar refractivity (Wildman–Crippen MR) is 80.2 cm³/mol. The van der Waals surface area contributed by atoms with Gasteiger partial charge in [0.05, 0.1) is 6.54 Å². The first-order valence-corrected chi connectivity index (χ1v) is 8.97. The first-order chi connectivity index (χ1) is 8.74. The summed E-state index contributed by atoms with van der Waals surface area (Å²) in [4.78, 5) is 13.0. The van der Waals surface area contributed by atoms with Crippen LogP contribution in [0.2, 0.25) is 0 Å². The third-order valence-corrected chi connectivity index (χ3v) is 5.97. The lowest BCUT2D eigenvalue weighted by Gasteiger charge is -2.33. The molecular formula is C12H23N3OS2. The molecule has 0 aromatic carbocycles. The van der Waals surface area contributed by atoms with Crippen molar-refractivity contribution in [2.45, 2.75) is 24.9 Å². The molecule has 0 bridgehead atoms. The molecule has 2 aliphatic heterocycles. The minimum atomic E-state index is -0.210. The summed E-state index contributed by atoms with van der Waals surface area (Å²) in [6.45, 7) is 2.41. The highest BCUT2D eigenvalue weighted by Crippen LogP contribution is 2.18. The molecule has 4 nitrogen and oxygen atoms in total. The standard InChI is InChI=1S/C12H23N3OS2/c13-12(16)7-15-3-1-10(2-4-15)14-11-8-17-5-6-18-9-11/h10-11,14H,1-9H2,(H2,13,16). The van der Waals surface area contributed by atoms with Crippen molar-refractivity contribution in [3.63, 3.8) is 0 Å². The van der Waals surface area contributed by atoms with E-state index in [1.165, 1.54) is 23.0 Å². The molecule has 0 aromatic rings. The number of carbonyl (C=O) groups is 1. The maximum Gasteiger partial charge on any atom is 0.231 e. The number of nitrogens with two attached hydrogens (primary N) is 1. The molecule has 0 saturated carbocycles. The molecule has 3 N–H and O–H groups in total. The molecule has 0 unspecified atom stereocenters. The zero-order chi connectivity index (χ0) is 12.8. The number of amides is 1. The van der Waals surface area contributed by atoms with Crippen molar-refractivity contribution in [1.82, 2.24) is 10.2 Å². The summed E-state index contributed by atoms with van der Waals surface area (Å²) in [5.41, 5.74) is 5.22. The van der Waals surface area contributed by atoms with Gasteiger partial charge >= 0.3 is 0 Å². The molecule has 0 aromatic heterocycles. The van der Waals surface area contributed by atoms with E-state index >= 15 is 0 Å². The van der Waals surface area contributed by atoms with E-state index in [-0.39, 0.29) is 5.91 Å². The first-order valence-electron chi connectivity index (χ1n) is 6.66. The van der Waals surface area contributed by atoms with Gasteiger partial charge in [0, 0.05) is 48.2 Å². The van der Waals surface area contributed by atoms with E-state index in [1.807, 2.05) is 0 Å². The van der Waals surface area contributed by atoms with Crippen LogP contribution in [0.25, 0.3) is 0 Å². The molecule has 0 spiro atoms. The highest BCUT2D eigenvalue weighted by atomic mass is 32.2. The third-order valence-electron chi connectivity index (χ3n) is 3.45. The van der Waals surface area contributed by atoms with Gasteiger partial charge in [-0.2, -0.15) is 23.5 Å². The molecule has 2 saturated heterocycles. The Balaban J connectivity index is 1.67. The average molecular weight is 289 g/mol. The molecule has 2 aliphatic rings. The van der Waals surface area contributed by atoms with Crippen LogP contribution < -0.4 is 11.1 Å². The van der Waals surface area contributed by atoms with Crippen LogP contribution in [0.3, 0.4) is 0 Å². The summed E-state index contributed by atoms with van der Waals surface area (Å²) in [6.07, 6.45) is 2.28. The van der Waals surface area contributed by atoms with E-state index in [1.54, 1.807) is 0 Å². The second-order valence-corrected chi connectivity index (χ2v) is 7.33. The molecule has 0 aliphatic carbocycles. The molecule has 1 amide bonds. The second kappa shape index (κ2) is 7.62. The smallest absolute Gasteiger partial charge is 0.231 e. The van der Waals surface area contributed by atoms with Crippen molar-refractivity contribution < 1.29 is 4.79 Å². The molecule has 6 heteroatoms. The fourth-order valence-corrected chi connectivity index (χ4v) is 4.95. The van der Waals surface area contributed by atoms with Crippen LogP contribution >= 0.6 is 23.5 Å². The second-order valence-electron chi connectivity index (χ2n) is 5.03. The summed E-state index contributed by atoms with van der Waals surface area (Å²) in [5.74, 6) is 4.86. The first kappa shape index (κ1) is 14.5. The summed E-state index contributed by atoms with van der Waals surface area (Å²) >= 11 is 4.13. The van der Waals surface area contributed by atoms with Crippen LogP contribution in [0.1, 0.15) is 12.8 Å². The SMILES string of the molecule is NC(=O)CN1CCC(NC2CSCCSC2)CC1. The number of rotatable bonds is 4. The fraction of sp³-hybridized carbons (Fsp3) is 0.917. The molecular weight excluding hydrogens is 266 g/mol. The van der Waals surface area contributed by atoms with Crippen molar-refractivity contribution in [3.8, 4) is 0 Å². The number of hydrogen-bond acceptors (Lipinski definition) is 5. The van der Waals surface area contributed by atoms with E-state index in [0.717, 1.165) is 25.9 Å². The van der Waals surface area contributed by atoms with E-state index in [2.05, 4.69) is 33.7 Å². The molecule has 2 heterocycles. The largest absolute Gasteiger partial charge is 0.369 e. The highest BCUT2D eigenvalue weighted by Gasteiger charge is 2.23. The van der Waals surface area contributed by atoms with Crippen molar-refractivity contribution in [1.29, 1.82) is 0 Å². The number of carbonyl (C=O) groups excluding carboxylic acids is 1. The molecule has 0 radical (unpaired) electrons. The quantitative estimate of drug-likeness (QED) is 0.783. The Morgan fingerprint density at radius 1 is 1.17 bits per heavy atom. The van der Waals surface area contributed by atoms with Crippen molar-refractivity contribution in [3.05, 3.63) is 0 Å². The Morgan fingerprint density at radius 2 is 1.78 bits per heavy atom. The van der Waals surface area contributed by atoms with Crippen LogP contribution in [0.15, 0.2) is 0 Å². The third kappa shape index (κ3) is 4.99. The summed E-state index contributed by atoms with van der Waals surface area (Å²) in [6, 6.07) is 1.29. The minimum Gasteiger partial charge on any atom is -0.369 e. The highest BCUT2D eigenvalue weighted by molar-refractivity contribution is 8.03. The van der Waals surface area contributed by atoms with Gasteiger partial charge in [-0.3, -0.25) is 9.69 Å². The van der Waals surface area contributed by atoms with Gasteiger partial charge < -0.3 is 11.1 Å². The van der Waals surface area contributed by atoms with Crippen LogP contribution in [0.4, 0.5) is 0 Å². The number of hydrogen-bond donors (Lipinski definition) is 2. The van der Waals surface area contributed by atoms with Crippen LogP contribution in [0, 0.1) is 0 Å². The number of likely N-dealkylation sites (tertiary alicyclic amines) is 1. The maximum atomic E-state index is 10.9. The molecule has 18 heavy (non-hydrogen) atoms. The number of piperidine rings is 1. The van der Waals surface area contributed by atoms with Gasteiger partial charge in [0.2, 0.25) is 5.91 Å². The van der Waals surface area contributed by atoms with Crippen molar-refractivity contribution >= 4 is 29.4 Å². The van der Waals surface area contributed by atoms with Crippen molar-refractivity contribution in [2.24, 2.45) is 5.73 Å². The number of nitrogens with one attached hydrogen (secondary N) is 1. The van der Waals surface area contributed by atoms with E-state index < -0.39 is 0 Å². The lowest BCUT2D eigenvalue weighted by atomic mass is 10.0. The van der Waals surface area contributed by atoms with Gasteiger partial charge in [-0.05, 0) is 12.8 Å². The zero-order valence-corrected chi connectivity index (χ0v) is 12.4. The van der Waals surface area contributed by atoms with Crippen LogP contribution in [-0.4, -0.2) is 65.5 Å². The van der Waals surface area contributed by atoms with E-state index in [0.29, 0.717) is 18.6 Å². The minimum absolute atomic E-state index is 0.210. The van der Waals surface area contributed by atoms with Gasteiger partial charge in [-0.25, -0.2) is 0 Å². The predicted octanol–water partition coefficient (Wildman–Crippen LogP) is 0.374. The maximum absolute atomic E-state index is 10.9. The van der Waals surface area contributed by atoms with Crippen LogP contribution in [-0.2, 0) is 4.79 Å². The normalized spacial score (nSPS) is 24.9. The van der Waals surface area contributed by atoms with Crippen molar-refractivity contribution in [2.75, 3.05) is 42.6 Å². The van der Waals surface area contributed by atoms with Gasteiger partial charge in [-0.15, -0.1) is 0 Å². The Labute approximate surface area is 118 Å². The lowest BCUT2D eigenvalue weighted by Crippen LogP contribution is -2.49. The molecule has 2 fully saturated rings. The lowest BCUT2D eigenvalue weighted by molar-refractivity contribution is -0.119. The Bertz CT molecular complexity index is 262. The fourth-order valence-electron chi connectivity index (χ4n) is 2.52. The van der Waals surface area contributed by atoms with Gasteiger partial charge in [0.15, 0.2) is 0 Å². The summed E-state index contributed by atoms with van der Waals surface area (Å²) in [7, 11) is 0. The number of thioether (sulfide) groups is 2. The monoisotopic (exact) mass is 289 g/mol. The topological polar surface area (TPSA) is 58.4 Å². The Hall–Kier alpha value is 0.0900.